The Morgan fingerprint density at radius 2 is 1.11 bits per heavy atom. The first-order valence-electron chi connectivity index (χ1n) is 20.7. The summed E-state index contributed by atoms with van der Waals surface area (Å²) >= 11 is 0. The van der Waals surface area contributed by atoms with Crippen LogP contribution in [-0.2, 0) is 60.1 Å². The number of hydrogen-bond acceptors (Lipinski definition) is 12. The molecule has 1 saturated carbocycles. The van der Waals surface area contributed by atoms with Gasteiger partial charge in [0.1, 0.15) is 12.3 Å². The van der Waals surface area contributed by atoms with E-state index in [1.54, 1.807) is 24.8 Å². The van der Waals surface area contributed by atoms with E-state index in [4.69, 9.17) is 11.3 Å². The molecule has 17 heteroatoms. The minimum atomic E-state index is -0.992. The quantitative estimate of drug-likeness (QED) is 0.0398. The van der Waals surface area contributed by atoms with Crippen molar-refractivity contribution >= 4 is 17.7 Å². The van der Waals surface area contributed by atoms with Gasteiger partial charge in [0.2, 0.25) is 17.7 Å². The van der Waals surface area contributed by atoms with E-state index in [9.17, 15) is 19.5 Å². The van der Waals surface area contributed by atoms with Gasteiger partial charge in [-0.15, -0.1) is 0 Å². The summed E-state index contributed by atoms with van der Waals surface area (Å²) in [6.45, 7) is 2.14. The van der Waals surface area contributed by atoms with Gasteiger partial charge in [0.15, 0.2) is 0 Å². The van der Waals surface area contributed by atoms with Crippen LogP contribution in [0.2, 0.25) is 0 Å². The maximum Gasteiger partial charge on any atom is 0.239 e. The smallest absolute Gasteiger partial charge is 0.239 e. The van der Waals surface area contributed by atoms with E-state index in [-0.39, 0.29) is 49.2 Å². The molecule has 0 spiro atoms. The lowest BCUT2D eigenvalue weighted by Gasteiger charge is -2.29. The zero-order valence-electron chi connectivity index (χ0n) is 34.6. The number of hydrogen-bond donors (Lipinski definition) is 5. The highest BCUT2D eigenvalue weighted by atomic mass is 16.3. The Kier molecular flexibility index (Phi) is 16.8. The van der Waals surface area contributed by atoms with Crippen molar-refractivity contribution in [2.45, 2.75) is 89.5 Å². The molecule has 1 aliphatic carbocycles. The van der Waals surface area contributed by atoms with Crippen molar-refractivity contribution in [2.24, 2.45) is 10.8 Å². The fourth-order valence-corrected chi connectivity index (χ4v) is 7.57. The molecule has 1 atom stereocenters. The van der Waals surface area contributed by atoms with Crippen LogP contribution in [0.1, 0.15) is 65.1 Å². The summed E-state index contributed by atoms with van der Waals surface area (Å²) in [6, 6.07) is 25.7. The van der Waals surface area contributed by atoms with Crippen LogP contribution < -0.4 is 21.7 Å². The molecule has 0 bridgehead atoms. The number of nitrogens with two attached hydrogens (primary N) is 1. The summed E-state index contributed by atoms with van der Waals surface area (Å²) in [5.74, 6) is -1.02. The number of pyridine rings is 4. The Bertz CT molecular complexity index is 2050. The second-order valence-corrected chi connectivity index (χ2v) is 15.4. The second-order valence-electron chi connectivity index (χ2n) is 15.4. The molecule has 17 nitrogen and oxygen atoms in total. The Labute approximate surface area is 360 Å². The van der Waals surface area contributed by atoms with E-state index in [1.165, 1.54) is 0 Å². The lowest BCUT2D eigenvalue weighted by atomic mass is 9.91. The molecule has 1 aromatic carbocycles. The van der Waals surface area contributed by atoms with Gasteiger partial charge in [-0.3, -0.25) is 44.1 Å². The lowest BCUT2D eigenvalue weighted by Crippen LogP contribution is -2.49. The number of aromatic hydroxyl groups is 1. The highest BCUT2D eigenvalue weighted by Crippen LogP contribution is 2.30. The number of phenolic OH excluding ortho intramolecular Hbond substituents is 1. The third kappa shape index (κ3) is 14.4. The molecule has 6 rings (SSSR count). The number of benzene rings is 1. The van der Waals surface area contributed by atoms with Crippen molar-refractivity contribution in [3.8, 4) is 5.75 Å². The number of carbonyl (C=O) groups excluding carboxylic acids is 3. The Hall–Kier alpha value is -6.78. The second kappa shape index (κ2) is 23.3. The molecule has 4 heterocycles. The molecule has 3 amide bonds. The van der Waals surface area contributed by atoms with Crippen molar-refractivity contribution in [1.29, 1.82) is 0 Å². The molecule has 1 aliphatic rings. The number of rotatable bonds is 21. The number of nitrogens with zero attached hydrogens (tertiary/aromatic N) is 9. The van der Waals surface area contributed by atoms with E-state index in [0.717, 1.165) is 28.3 Å². The van der Waals surface area contributed by atoms with Gasteiger partial charge in [0.05, 0.1) is 35.4 Å². The maximum absolute atomic E-state index is 13.4. The van der Waals surface area contributed by atoms with Gasteiger partial charge in [0.25, 0.3) is 0 Å². The van der Waals surface area contributed by atoms with Crippen LogP contribution in [0, 0.1) is 0 Å². The van der Waals surface area contributed by atoms with Gasteiger partial charge in [-0.05, 0) is 91.7 Å². The fourth-order valence-electron chi connectivity index (χ4n) is 7.57. The van der Waals surface area contributed by atoms with Gasteiger partial charge in [-0.2, -0.15) is 0 Å². The van der Waals surface area contributed by atoms with Crippen molar-refractivity contribution in [3.63, 3.8) is 0 Å². The summed E-state index contributed by atoms with van der Waals surface area (Å²) < 4.78 is 0. The van der Waals surface area contributed by atoms with Gasteiger partial charge in [-0.25, -0.2) is 0 Å². The summed E-state index contributed by atoms with van der Waals surface area (Å²) in [4.78, 5) is 63.4. The largest absolute Gasteiger partial charge is 0.507 e. The fraction of sp³-hybridized carbons (Fsp3) is 0.356. The van der Waals surface area contributed by atoms with Gasteiger partial charge < -0.3 is 26.8 Å². The number of amides is 3. The van der Waals surface area contributed by atoms with Crippen molar-refractivity contribution in [1.82, 2.24) is 45.7 Å². The van der Waals surface area contributed by atoms with E-state index in [1.807, 2.05) is 84.9 Å². The van der Waals surface area contributed by atoms with Crippen molar-refractivity contribution in [3.05, 3.63) is 160 Å². The van der Waals surface area contributed by atoms with Crippen LogP contribution in [0.3, 0.4) is 0 Å². The molecule has 0 radical (unpaired) electrons. The van der Waals surface area contributed by atoms with Crippen molar-refractivity contribution < 1.29 is 19.5 Å². The van der Waals surface area contributed by atoms with E-state index in [2.05, 4.69) is 55.7 Å². The molecular weight excluding hydrogens is 787 g/mol. The Morgan fingerprint density at radius 1 is 0.694 bits per heavy atom. The molecule has 0 saturated heterocycles. The number of azide groups is 1. The Morgan fingerprint density at radius 3 is 1.50 bits per heavy atom. The minimum absolute atomic E-state index is 0.0576. The topological polar surface area (TPSA) is 240 Å². The molecule has 1 fully saturated rings. The molecule has 322 valence electrons. The van der Waals surface area contributed by atoms with Gasteiger partial charge >= 0.3 is 0 Å². The monoisotopic (exact) mass is 839 g/mol. The summed E-state index contributed by atoms with van der Waals surface area (Å²) in [6.07, 6.45) is 9.79. The zero-order valence-corrected chi connectivity index (χ0v) is 34.6. The highest BCUT2D eigenvalue weighted by molar-refractivity contribution is 5.87. The average Bonchev–Trinajstić information content (AvgIpc) is 3.28. The predicted molar refractivity (Wildman–Crippen MR) is 232 cm³/mol. The Balaban J connectivity index is 1.17. The first kappa shape index (κ1) is 44.8. The van der Waals surface area contributed by atoms with Gasteiger partial charge in [-0.1, -0.05) is 41.5 Å². The minimum Gasteiger partial charge on any atom is -0.507 e. The third-order valence-corrected chi connectivity index (χ3v) is 10.5. The van der Waals surface area contributed by atoms with E-state index >= 15 is 0 Å². The predicted octanol–water partition coefficient (Wildman–Crippen LogP) is 4.22. The third-order valence-electron chi connectivity index (χ3n) is 10.5. The summed E-state index contributed by atoms with van der Waals surface area (Å²) in [7, 11) is 0. The van der Waals surface area contributed by atoms with Crippen LogP contribution in [0.15, 0.2) is 115 Å². The standard InChI is InChI=1S/C45H53N13O4/c46-41(45(62)52-24-42(59)54-35-13-15-36(16-14-35)55-43(60)25-53-56-47)23-32-21-33(26-57(28-37-9-1-5-17-48-37)29-38-10-2-6-18-49-38)44(61)34(22-32)27-58(30-39-11-3-7-19-50-39)31-40-12-4-8-20-51-40/h1-12,17-22,35-36,41,61H,13-16,23-31,46H2,(H,52,62)(H,54,59)(H,55,60)/t35?,36?,41-/m0/s1. The molecule has 5 aromatic rings. The molecule has 0 unspecified atom stereocenters. The van der Waals surface area contributed by atoms with Crippen molar-refractivity contribution in [2.75, 3.05) is 13.1 Å². The summed E-state index contributed by atoms with van der Waals surface area (Å²) in [5.41, 5.74) is 20.5. The maximum atomic E-state index is 13.4. The van der Waals surface area contributed by atoms with Crippen LogP contribution in [-0.4, -0.2) is 83.8 Å². The highest BCUT2D eigenvalue weighted by Gasteiger charge is 2.25. The first-order valence-corrected chi connectivity index (χ1v) is 20.7. The SMILES string of the molecule is [N-]=[N+]=NCC(=O)NC1CCC(NC(=O)CNC(=O)[C@@H](N)Cc2cc(CN(Cc3ccccn3)Cc3ccccn3)c(O)c(CN(Cc3ccccn3)Cc3ccccn3)c2)CC1. The van der Waals surface area contributed by atoms with Gasteiger partial charge in [0, 0.05) is 92.2 Å². The average molecular weight is 840 g/mol. The number of carbonyl (C=O) groups is 3. The number of aromatic nitrogens is 4. The normalized spacial score (nSPS) is 15.3. The van der Waals surface area contributed by atoms with E-state index < -0.39 is 11.9 Å². The summed E-state index contributed by atoms with van der Waals surface area (Å²) in [5, 5.41) is 23.9. The lowest BCUT2D eigenvalue weighted by molar-refractivity contribution is -0.127. The van der Waals surface area contributed by atoms with Crippen LogP contribution in [0.5, 0.6) is 5.75 Å². The number of nitrogens with one attached hydrogen (secondary N) is 3. The van der Waals surface area contributed by atoms with Crippen LogP contribution in [0.4, 0.5) is 0 Å². The molecule has 4 aromatic heterocycles. The zero-order chi connectivity index (χ0) is 43.5. The van der Waals surface area contributed by atoms with Crippen LogP contribution in [0.25, 0.3) is 10.4 Å². The first-order chi connectivity index (χ1) is 30.2. The number of phenols is 1. The molecular formula is C45H53N13O4. The molecule has 62 heavy (non-hydrogen) atoms. The molecule has 0 aliphatic heterocycles. The van der Waals surface area contributed by atoms with E-state index in [0.29, 0.717) is 76.1 Å². The molecule has 6 N–H and O–H groups in total. The van der Waals surface area contributed by atoms with Crippen LogP contribution >= 0.6 is 0 Å².